The normalized spacial score (nSPS) is 12.3. The Balaban J connectivity index is 3.25. The second kappa shape index (κ2) is 20.3. The standard InChI is InChI=1S/C23H47NO3/c1-2-3-4-5-6-7-8-9-10-11-12-13-14-15-16-17-18-19-23(25,26)22-27-21-20-24/h9-10,25-26H,2-8,11-22,24H2,1H3/b10-9-. The van der Waals surface area contributed by atoms with E-state index in [-0.39, 0.29) is 6.61 Å². The van der Waals surface area contributed by atoms with Gasteiger partial charge in [-0.1, -0.05) is 83.3 Å². The molecule has 0 aromatic rings. The highest BCUT2D eigenvalue weighted by Crippen LogP contribution is 2.15. The molecule has 0 atom stereocenters. The van der Waals surface area contributed by atoms with Crippen molar-refractivity contribution in [1.29, 1.82) is 0 Å². The van der Waals surface area contributed by atoms with Crippen LogP contribution in [0.3, 0.4) is 0 Å². The van der Waals surface area contributed by atoms with E-state index in [0.29, 0.717) is 19.6 Å². The highest BCUT2D eigenvalue weighted by molar-refractivity contribution is 4.81. The molecule has 27 heavy (non-hydrogen) atoms. The fourth-order valence-electron chi connectivity index (χ4n) is 3.22. The Morgan fingerprint density at radius 1 is 0.741 bits per heavy atom. The third kappa shape index (κ3) is 21.7. The van der Waals surface area contributed by atoms with Gasteiger partial charge in [-0.05, 0) is 32.1 Å². The Morgan fingerprint density at radius 2 is 1.22 bits per heavy atom. The maximum atomic E-state index is 9.75. The molecule has 0 aliphatic rings. The van der Waals surface area contributed by atoms with Gasteiger partial charge in [-0.3, -0.25) is 0 Å². The summed E-state index contributed by atoms with van der Waals surface area (Å²) in [6.07, 6.45) is 24.0. The van der Waals surface area contributed by atoms with E-state index < -0.39 is 5.79 Å². The van der Waals surface area contributed by atoms with Crippen molar-refractivity contribution in [2.45, 2.75) is 115 Å². The van der Waals surface area contributed by atoms with Gasteiger partial charge >= 0.3 is 0 Å². The molecule has 0 spiro atoms. The first-order valence-electron chi connectivity index (χ1n) is 11.5. The number of hydrogen-bond acceptors (Lipinski definition) is 4. The Bertz CT molecular complexity index is 319. The molecule has 0 heterocycles. The van der Waals surface area contributed by atoms with Gasteiger partial charge in [0.05, 0.1) is 6.61 Å². The average molecular weight is 386 g/mol. The van der Waals surface area contributed by atoms with E-state index in [0.717, 1.165) is 12.8 Å². The van der Waals surface area contributed by atoms with Gasteiger partial charge in [-0.2, -0.15) is 0 Å². The molecule has 0 unspecified atom stereocenters. The molecule has 4 heteroatoms. The highest BCUT2D eigenvalue weighted by Gasteiger charge is 2.22. The maximum Gasteiger partial charge on any atom is 0.186 e. The summed E-state index contributed by atoms with van der Waals surface area (Å²) in [5, 5.41) is 19.5. The van der Waals surface area contributed by atoms with Crippen LogP contribution in [0, 0.1) is 0 Å². The van der Waals surface area contributed by atoms with E-state index in [4.69, 9.17) is 10.5 Å². The third-order valence-electron chi connectivity index (χ3n) is 4.93. The van der Waals surface area contributed by atoms with Gasteiger partial charge in [0.25, 0.3) is 0 Å². The van der Waals surface area contributed by atoms with Crippen LogP contribution in [0.2, 0.25) is 0 Å². The SMILES string of the molecule is CCCCCCCC/C=C\CCCCCCCCCC(O)(O)COCCN. The van der Waals surface area contributed by atoms with Crippen molar-refractivity contribution in [2.24, 2.45) is 5.73 Å². The van der Waals surface area contributed by atoms with E-state index >= 15 is 0 Å². The quantitative estimate of drug-likeness (QED) is 0.139. The number of ether oxygens (including phenoxy) is 1. The first-order chi connectivity index (χ1) is 13.1. The second-order valence-electron chi connectivity index (χ2n) is 7.87. The van der Waals surface area contributed by atoms with Gasteiger partial charge in [0.2, 0.25) is 0 Å². The molecule has 0 amide bonds. The molecule has 0 aromatic heterocycles. The topological polar surface area (TPSA) is 75.7 Å². The molecule has 0 rings (SSSR count). The molecule has 4 N–H and O–H groups in total. The van der Waals surface area contributed by atoms with Crippen molar-refractivity contribution in [2.75, 3.05) is 19.8 Å². The zero-order valence-electron chi connectivity index (χ0n) is 18.0. The summed E-state index contributed by atoms with van der Waals surface area (Å²) in [7, 11) is 0. The van der Waals surface area contributed by atoms with E-state index in [1.54, 1.807) is 0 Å². The first-order valence-corrected chi connectivity index (χ1v) is 11.5. The summed E-state index contributed by atoms with van der Waals surface area (Å²) in [5.74, 6) is -1.70. The largest absolute Gasteiger partial charge is 0.375 e. The monoisotopic (exact) mass is 385 g/mol. The minimum Gasteiger partial charge on any atom is -0.375 e. The molecule has 0 aliphatic carbocycles. The first kappa shape index (κ1) is 26.6. The lowest BCUT2D eigenvalue weighted by molar-refractivity contribution is -0.201. The van der Waals surface area contributed by atoms with Crippen LogP contribution in [-0.4, -0.2) is 35.8 Å². The molecule has 0 fully saturated rings. The smallest absolute Gasteiger partial charge is 0.186 e. The summed E-state index contributed by atoms with van der Waals surface area (Å²) in [4.78, 5) is 0. The van der Waals surface area contributed by atoms with Crippen molar-refractivity contribution >= 4 is 0 Å². The molecule has 0 aromatic carbocycles. The molecule has 0 aliphatic heterocycles. The van der Waals surface area contributed by atoms with Crippen LogP contribution in [0.25, 0.3) is 0 Å². The highest BCUT2D eigenvalue weighted by atomic mass is 16.6. The summed E-state index contributed by atoms with van der Waals surface area (Å²) in [6, 6.07) is 0. The molecular formula is C23H47NO3. The molecule has 0 bridgehead atoms. The number of aliphatic hydroxyl groups is 2. The fraction of sp³-hybridized carbons (Fsp3) is 0.913. The third-order valence-corrected chi connectivity index (χ3v) is 4.93. The average Bonchev–Trinajstić information content (AvgIpc) is 2.64. The number of allylic oxidation sites excluding steroid dienone is 2. The number of unbranched alkanes of at least 4 members (excludes halogenated alkanes) is 13. The van der Waals surface area contributed by atoms with Crippen LogP contribution in [0.15, 0.2) is 12.2 Å². The van der Waals surface area contributed by atoms with Crippen LogP contribution in [0.5, 0.6) is 0 Å². The Kier molecular flexibility index (Phi) is 20.0. The molecule has 0 saturated heterocycles. The fourth-order valence-corrected chi connectivity index (χ4v) is 3.22. The minimum atomic E-state index is -1.70. The molecule has 4 nitrogen and oxygen atoms in total. The maximum absolute atomic E-state index is 9.75. The van der Waals surface area contributed by atoms with Crippen LogP contribution in [-0.2, 0) is 4.74 Å². The molecular weight excluding hydrogens is 338 g/mol. The van der Waals surface area contributed by atoms with Crippen LogP contribution >= 0.6 is 0 Å². The van der Waals surface area contributed by atoms with Crippen LogP contribution in [0.4, 0.5) is 0 Å². The molecule has 0 saturated carbocycles. The predicted molar refractivity (Wildman–Crippen MR) is 116 cm³/mol. The van der Waals surface area contributed by atoms with Crippen molar-refractivity contribution in [3.63, 3.8) is 0 Å². The Labute approximate surface area is 168 Å². The predicted octanol–water partition coefficient (Wildman–Crippen LogP) is 5.46. The van der Waals surface area contributed by atoms with Gasteiger partial charge in [0.15, 0.2) is 5.79 Å². The summed E-state index contributed by atoms with van der Waals surface area (Å²) < 4.78 is 5.10. The molecule has 0 radical (unpaired) electrons. The van der Waals surface area contributed by atoms with Gasteiger partial charge in [-0.15, -0.1) is 0 Å². The van der Waals surface area contributed by atoms with E-state index in [9.17, 15) is 10.2 Å². The summed E-state index contributed by atoms with van der Waals surface area (Å²) >= 11 is 0. The second-order valence-corrected chi connectivity index (χ2v) is 7.87. The Morgan fingerprint density at radius 3 is 1.74 bits per heavy atom. The summed E-state index contributed by atoms with van der Waals surface area (Å²) in [6.45, 7) is 3.00. The van der Waals surface area contributed by atoms with Crippen molar-refractivity contribution in [3.05, 3.63) is 12.2 Å². The van der Waals surface area contributed by atoms with Gasteiger partial charge in [0.1, 0.15) is 6.61 Å². The van der Waals surface area contributed by atoms with Crippen molar-refractivity contribution in [1.82, 2.24) is 0 Å². The van der Waals surface area contributed by atoms with Crippen LogP contribution in [0.1, 0.15) is 110 Å². The van der Waals surface area contributed by atoms with Gasteiger partial charge in [-0.25, -0.2) is 0 Å². The summed E-state index contributed by atoms with van der Waals surface area (Å²) in [5.41, 5.74) is 5.31. The lowest BCUT2D eigenvalue weighted by Crippen LogP contribution is -2.34. The van der Waals surface area contributed by atoms with E-state index in [2.05, 4.69) is 19.1 Å². The lowest BCUT2D eigenvalue weighted by atomic mass is 10.0. The van der Waals surface area contributed by atoms with Crippen molar-refractivity contribution in [3.8, 4) is 0 Å². The molecule has 162 valence electrons. The number of nitrogens with two attached hydrogens (primary N) is 1. The minimum absolute atomic E-state index is 0.0451. The number of hydrogen-bond donors (Lipinski definition) is 3. The Hall–Kier alpha value is -0.420. The van der Waals surface area contributed by atoms with Gasteiger partial charge in [0, 0.05) is 13.0 Å². The number of rotatable bonds is 21. The lowest BCUT2D eigenvalue weighted by Gasteiger charge is -2.21. The van der Waals surface area contributed by atoms with E-state index in [1.165, 1.54) is 83.5 Å². The zero-order chi connectivity index (χ0) is 20.1. The van der Waals surface area contributed by atoms with Crippen molar-refractivity contribution < 1.29 is 14.9 Å². The van der Waals surface area contributed by atoms with Crippen LogP contribution < -0.4 is 5.73 Å². The van der Waals surface area contributed by atoms with Gasteiger partial charge < -0.3 is 20.7 Å². The van der Waals surface area contributed by atoms with E-state index in [1.807, 2.05) is 0 Å². The zero-order valence-corrected chi connectivity index (χ0v) is 18.0.